The van der Waals surface area contributed by atoms with Gasteiger partial charge in [-0.1, -0.05) is 11.6 Å². The summed E-state index contributed by atoms with van der Waals surface area (Å²) in [5, 5.41) is 10.7. The fraction of sp³-hybridized carbons (Fsp3) is 0.625. The van der Waals surface area contributed by atoms with Crippen LogP contribution in [0.4, 0.5) is 0 Å². The van der Waals surface area contributed by atoms with Crippen LogP contribution in [0.1, 0.15) is 36.7 Å². The Morgan fingerprint density at radius 1 is 1.55 bits per heavy atom. The van der Waals surface area contributed by atoms with Crippen LogP contribution in [0.2, 0.25) is 5.02 Å². The van der Waals surface area contributed by atoms with Gasteiger partial charge in [-0.2, -0.15) is 0 Å². The van der Waals surface area contributed by atoms with Gasteiger partial charge in [0.15, 0.2) is 0 Å². The van der Waals surface area contributed by atoms with Gasteiger partial charge in [-0.25, -0.2) is 0 Å². The second kappa shape index (κ2) is 6.14. The van der Waals surface area contributed by atoms with Gasteiger partial charge < -0.3 is 14.7 Å². The van der Waals surface area contributed by atoms with E-state index in [0.717, 1.165) is 12.8 Å². The Bertz CT molecular complexity index is 556. The minimum absolute atomic E-state index is 0.0980. The predicted octanol–water partition coefficient (Wildman–Crippen LogP) is 2.13. The molecule has 1 spiro atoms. The molecule has 120 valence electrons. The molecule has 2 heterocycles. The average molecular weight is 325 g/mol. The van der Waals surface area contributed by atoms with E-state index < -0.39 is 0 Å². The van der Waals surface area contributed by atoms with E-state index in [1.807, 2.05) is 6.92 Å². The van der Waals surface area contributed by atoms with E-state index in [1.54, 1.807) is 23.2 Å². The van der Waals surface area contributed by atoms with Crippen molar-refractivity contribution >= 4 is 17.5 Å². The Labute approximate surface area is 135 Å². The zero-order valence-corrected chi connectivity index (χ0v) is 13.4. The van der Waals surface area contributed by atoms with Crippen LogP contribution in [-0.2, 0) is 4.74 Å². The first-order valence-corrected chi connectivity index (χ1v) is 8.15. The van der Waals surface area contributed by atoms with E-state index in [1.165, 1.54) is 0 Å². The molecule has 1 aliphatic heterocycles. The number of aliphatic hydroxyl groups is 1. The van der Waals surface area contributed by atoms with E-state index in [9.17, 15) is 9.90 Å². The normalized spacial score (nSPS) is 26.8. The van der Waals surface area contributed by atoms with Gasteiger partial charge in [0, 0.05) is 42.8 Å². The van der Waals surface area contributed by atoms with E-state index in [-0.39, 0.29) is 23.5 Å². The number of nitrogens with zero attached hydrogens (tertiary/aromatic N) is 2. The molecule has 1 aliphatic carbocycles. The first-order valence-electron chi connectivity index (χ1n) is 7.77. The van der Waals surface area contributed by atoms with Crippen molar-refractivity contribution in [2.45, 2.75) is 38.4 Å². The Morgan fingerprint density at radius 3 is 2.86 bits per heavy atom. The number of aromatic nitrogens is 1. The Kier molecular flexibility index (Phi) is 4.39. The number of rotatable bonds is 3. The summed E-state index contributed by atoms with van der Waals surface area (Å²) in [5.74, 6) is -0.0980. The summed E-state index contributed by atoms with van der Waals surface area (Å²) in [4.78, 5) is 18.4. The molecule has 22 heavy (non-hydrogen) atoms. The predicted molar refractivity (Wildman–Crippen MR) is 82.9 cm³/mol. The minimum atomic E-state index is -0.314. The number of halogens is 1. The lowest BCUT2D eigenvalue weighted by Gasteiger charge is -2.56. The number of pyridine rings is 1. The van der Waals surface area contributed by atoms with Crippen molar-refractivity contribution in [1.29, 1.82) is 0 Å². The van der Waals surface area contributed by atoms with E-state index in [2.05, 4.69) is 4.98 Å². The number of aliphatic hydroxyl groups excluding tert-OH is 1. The maximum Gasteiger partial charge on any atom is 0.272 e. The zero-order valence-electron chi connectivity index (χ0n) is 12.7. The Balaban J connectivity index is 1.65. The second-order valence-corrected chi connectivity index (χ2v) is 6.52. The third-order valence-corrected chi connectivity index (χ3v) is 5.27. The molecule has 5 nitrogen and oxygen atoms in total. The smallest absolute Gasteiger partial charge is 0.272 e. The van der Waals surface area contributed by atoms with Crippen molar-refractivity contribution in [2.75, 3.05) is 19.7 Å². The number of carbonyl (C=O) groups is 1. The van der Waals surface area contributed by atoms with Crippen LogP contribution in [0.3, 0.4) is 0 Å². The van der Waals surface area contributed by atoms with Gasteiger partial charge >= 0.3 is 0 Å². The van der Waals surface area contributed by atoms with Crippen molar-refractivity contribution in [3.05, 3.63) is 29.0 Å². The zero-order chi connectivity index (χ0) is 15.7. The molecule has 6 heteroatoms. The van der Waals surface area contributed by atoms with Crippen molar-refractivity contribution in [3.8, 4) is 0 Å². The van der Waals surface area contributed by atoms with Crippen LogP contribution < -0.4 is 0 Å². The van der Waals surface area contributed by atoms with Crippen molar-refractivity contribution in [3.63, 3.8) is 0 Å². The standard InChI is InChI=1S/C16H21ClN2O3/c1-2-22-14-10-13(20)16(14)4-7-19(8-5-16)15(21)12-9-11(17)3-6-18-12/h3,6,9,13-14,20H,2,4-5,7-8,10H2,1H3/t13-,14+/m1/s1. The van der Waals surface area contributed by atoms with E-state index >= 15 is 0 Å². The van der Waals surface area contributed by atoms with Crippen molar-refractivity contribution < 1.29 is 14.6 Å². The van der Waals surface area contributed by atoms with Crippen molar-refractivity contribution in [2.24, 2.45) is 5.41 Å². The molecule has 1 N–H and O–H groups in total. The number of hydrogen-bond donors (Lipinski definition) is 1. The topological polar surface area (TPSA) is 62.7 Å². The number of piperidine rings is 1. The fourth-order valence-electron chi connectivity index (χ4n) is 3.63. The van der Waals surface area contributed by atoms with Crippen LogP contribution in [0.15, 0.2) is 18.3 Å². The second-order valence-electron chi connectivity index (χ2n) is 6.08. The molecule has 2 aliphatic rings. The average Bonchev–Trinajstić information content (AvgIpc) is 2.54. The van der Waals surface area contributed by atoms with Crippen molar-refractivity contribution in [1.82, 2.24) is 9.88 Å². The molecule has 0 aromatic carbocycles. The van der Waals surface area contributed by atoms with Gasteiger partial charge in [0.25, 0.3) is 5.91 Å². The first kappa shape index (κ1) is 15.7. The summed E-state index contributed by atoms with van der Waals surface area (Å²) < 4.78 is 5.74. The fourth-order valence-corrected chi connectivity index (χ4v) is 3.79. The molecular weight excluding hydrogens is 304 g/mol. The SMILES string of the molecule is CCO[C@H]1C[C@@H](O)C12CCN(C(=O)c1cc(Cl)ccn1)CC2. The van der Waals surface area contributed by atoms with Gasteiger partial charge in [-0.05, 0) is 31.9 Å². The molecule has 1 saturated carbocycles. The largest absolute Gasteiger partial charge is 0.392 e. The molecule has 0 bridgehead atoms. The number of likely N-dealkylation sites (tertiary alicyclic amines) is 1. The molecular formula is C16H21ClN2O3. The Hall–Kier alpha value is -1.17. The molecule has 1 amide bonds. The summed E-state index contributed by atoms with van der Waals surface area (Å²) in [6, 6.07) is 3.25. The Morgan fingerprint density at radius 2 is 2.27 bits per heavy atom. The molecule has 3 rings (SSSR count). The highest BCUT2D eigenvalue weighted by Crippen LogP contribution is 2.51. The van der Waals surface area contributed by atoms with Gasteiger partial charge in [0.1, 0.15) is 5.69 Å². The van der Waals surface area contributed by atoms with Crippen LogP contribution >= 0.6 is 11.6 Å². The summed E-state index contributed by atoms with van der Waals surface area (Å²) in [6.45, 7) is 3.87. The molecule has 0 radical (unpaired) electrons. The van der Waals surface area contributed by atoms with Gasteiger partial charge in [0.2, 0.25) is 0 Å². The van der Waals surface area contributed by atoms with E-state index in [4.69, 9.17) is 16.3 Å². The lowest BCUT2D eigenvalue weighted by atomic mass is 9.58. The maximum absolute atomic E-state index is 12.5. The number of carbonyl (C=O) groups excluding carboxylic acids is 1. The van der Waals surface area contributed by atoms with Crippen LogP contribution in [-0.4, -0.2) is 52.8 Å². The third kappa shape index (κ3) is 2.62. The van der Waals surface area contributed by atoms with Gasteiger partial charge in [-0.3, -0.25) is 9.78 Å². The van der Waals surface area contributed by atoms with Gasteiger partial charge in [-0.15, -0.1) is 0 Å². The molecule has 1 aromatic rings. The summed E-state index contributed by atoms with van der Waals surface area (Å²) in [6.07, 6.45) is 3.59. The number of hydrogen-bond acceptors (Lipinski definition) is 4. The maximum atomic E-state index is 12.5. The lowest BCUT2D eigenvalue weighted by molar-refractivity contribution is -0.207. The monoisotopic (exact) mass is 324 g/mol. The van der Waals surface area contributed by atoms with E-state index in [0.29, 0.717) is 36.8 Å². The molecule has 1 saturated heterocycles. The number of amides is 1. The highest BCUT2D eigenvalue weighted by Gasteiger charge is 2.56. The van der Waals surface area contributed by atoms with Crippen LogP contribution in [0.25, 0.3) is 0 Å². The molecule has 0 unspecified atom stereocenters. The molecule has 2 atom stereocenters. The summed E-state index contributed by atoms with van der Waals surface area (Å²) in [5.41, 5.74) is 0.202. The first-order chi connectivity index (χ1) is 10.6. The number of ether oxygens (including phenoxy) is 1. The molecule has 1 aromatic heterocycles. The third-order valence-electron chi connectivity index (χ3n) is 5.03. The van der Waals surface area contributed by atoms with Gasteiger partial charge in [0.05, 0.1) is 12.2 Å². The summed E-state index contributed by atoms with van der Waals surface area (Å²) in [7, 11) is 0. The summed E-state index contributed by atoms with van der Waals surface area (Å²) >= 11 is 5.92. The quantitative estimate of drug-likeness (QED) is 0.925. The van der Waals surface area contributed by atoms with Crippen LogP contribution in [0, 0.1) is 5.41 Å². The molecule has 2 fully saturated rings. The lowest BCUT2D eigenvalue weighted by Crippen LogP contribution is -2.62. The minimum Gasteiger partial charge on any atom is -0.392 e. The van der Waals surface area contributed by atoms with Crippen LogP contribution in [0.5, 0.6) is 0 Å². The highest BCUT2D eigenvalue weighted by atomic mass is 35.5. The highest BCUT2D eigenvalue weighted by molar-refractivity contribution is 6.30.